The van der Waals surface area contributed by atoms with Gasteiger partial charge >= 0.3 is 0 Å². The first kappa shape index (κ1) is 13.6. The summed E-state index contributed by atoms with van der Waals surface area (Å²) in [5.41, 5.74) is 6.38. The van der Waals surface area contributed by atoms with Crippen LogP contribution < -0.4 is 15.2 Å². The smallest absolute Gasteiger partial charge is 0.238 e. The number of hydrogen-bond donors (Lipinski definition) is 1. The molecule has 19 heavy (non-hydrogen) atoms. The first-order valence-electron chi connectivity index (χ1n) is 5.98. The molecule has 1 aromatic carbocycles. The zero-order valence-electron chi connectivity index (χ0n) is 10.6. The Morgan fingerprint density at radius 1 is 1.26 bits per heavy atom. The summed E-state index contributed by atoms with van der Waals surface area (Å²) in [5.74, 6) is 1.73. The van der Waals surface area contributed by atoms with Crippen molar-refractivity contribution in [3.63, 3.8) is 0 Å². The van der Waals surface area contributed by atoms with Gasteiger partial charge in [-0.25, -0.2) is 4.98 Å². The molecule has 0 atom stereocenters. The van der Waals surface area contributed by atoms with E-state index in [0.29, 0.717) is 29.8 Å². The maximum absolute atomic E-state index is 6.08. The molecule has 0 aliphatic carbocycles. The van der Waals surface area contributed by atoms with Crippen LogP contribution in [0, 0.1) is 0 Å². The van der Waals surface area contributed by atoms with Crippen LogP contribution in [-0.2, 0) is 6.54 Å². The van der Waals surface area contributed by atoms with Gasteiger partial charge in [-0.15, -0.1) is 0 Å². The Morgan fingerprint density at radius 3 is 2.74 bits per heavy atom. The fourth-order valence-corrected chi connectivity index (χ4v) is 1.79. The largest absolute Gasteiger partial charge is 0.494 e. The minimum absolute atomic E-state index is 0.354. The zero-order valence-corrected chi connectivity index (χ0v) is 11.4. The van der Waals surface area contributed by atoms with E-state index < -0.39 is 0 Å². The standard InChI is InChI=1S/C14H15ClN2O2/c1-2-18-11-4-3-5-12(7-11)19-14-13(15)6-10(8-16)9-17-14/h3-7,9H,2,8,16H2,1H3. The molecule has 0 amide bonds. The van der Waals surface area contributed by atoms with Gasteiger partial charge in [0.2, 0.25) is 5.88 Å². The lowest BCUT2D eigenvalue weighted by Crippen LogP contribution is -1.98. The SMILES string of the molecule is CCOc1cccc(Oc2ncc(CN)cc2Cl)c1. The number of rotatable bonds is 5. The van der Waals surface area contributed by atoms with Crippen LogP contribution >= 0.6 is 11.6 Å². The number of halogens is 1. The van der Waals surface area contributed by atoms with Gasteiger partial charge in [-0.2, -0.15) is 0 Å². The van der Waals surface area contributed by atoms with Crippen LogP contribution in [-0.4, -0.2) is 11.6 Å². The minimum Gasteiger partial charge on any atom is -0.494 e. The fourth-order valence-electron chi connectivity index (χ4n) is 1.56. The fraction of sp³-hybridized carbons (Fsp3) is 0.214. The van der Waals surface area contributed by atoms with E-state index in [1.54, 1.807) is 18.3 Å². The number of pyridine rings is 1. The Hall–Kier alpha value is -1.78. The van der Waals surface area contributed by atoms with E-state index in [-0.39, 0.29) is 0 Å². The molecule has 2 aromatic rings. The average Bonchev–Trinajstić information content (AvgIpc) is 2.42. The molecule has 4 nitrogen and oxygen atoms in total. The van der Waals surface area contributed by atoms with Crippen LogP contribution in [0.1, 0.15) is 12.5 Å². The van der Waals surface area contributed by atoms with Gasteiger partial charge < -0.3 is 15.2 Å². The van der Waals surface area contributed by atoms with Gasteiger partial charge in [0.25, 0.3) is 0 Å². The summed E-state index contributed by atoms with van der Waals surface area (Å²) in [7, 11) is 0. The molecule has 0 saturated heterocycles. The summed E-state index contributed by atoms with van der Waals surface area (Å²) < 4.78 is 11.0. The Balaban J connectivity index is 2.18. The van der Waals surface area contributed by atoms with Crippen LogP contribution in [0.15, 0.2) is 36.5 Å². The Kier molecular flexibility index (Phi) is 4.60. The summed E-state index contributed by atoms with van der Waals surface area (Å²) in [6.45, 7) is 2.93. The van der Waals surface area contributed by atoms with Gasteiger partial charge in [-0.05, 0) is 30.7 Å². The van der Waals surface area contributed by atoms with Crippen LogP contribution in [0.5, 0.6) is 17.4 Å². The number of benzene rings is 1. The molecule has 2 rings (SSSR count). The Morgan fingerprint density at radius 2 is 2.05 bits per heavy atom. The second-order valence-corrected chi connectivity index (χ2v) is 4.25. The third kappa shape index (κ3) is 3.59. The lowest BCUT2D eigenvalue weighted by molar-refractivity contribution is 0.338. The molecule has 0 radical (unpaired) electrons. The quantitative estimate of drug-likeness (QED) is 0.911. The molecule has 2 N–H and O–H groups in total. The molecule has 1 aromatic heterocycles. The predicted molar refractivity (Wildman–Crippen MR) is 74.8 cm³/mol. The highest BCUT2D eigenvalue weighted by molar-refractivity contribution is 6.31. The molecule has 0 aliphatic rings. The van der Waals surface area contributed by atoms with Crippen molar-refractivity contribution in [3.8, 4) is 17.4 Å². The molecular weight excluding hydrogens is 264 g/mol. The summed E-state index contributed by atoms with van der Waals surface area (Å²) in [5, 5.41) is 0.435. The highest BCUT2D eigenvalue weighted by Gasteiger charge is 2.06. The average molecular weight is 279 g/mol. The van der Waals surface area contributed by atoms with E-state index in [1.807, 2.05) is 25.1 Å². The van der Waals surface area contributed by atoms with Gasteiger partial charge in [-0.1, -0.05) is 17.7 Å². The summed E-state index contributed by atoms with van der Waals surface area (Å²) >= 11 is 6.08. The topological polar surface area (TPSA) is 57.4 Å². The van der Waals surface area contributed by atoms with Gasteiger partial charge in [0.1, 0.15) is 16.5 Å². The molecule has 100 valence electrons. The zero-order chi connectivity index (χ0) is 13.7. The minimum atomic E-state index is 0.354. The number of aromatic nitrogens is 1. The molecule has 0 spiro atoms. The van der Waals surface area contributed by atoms with Gasteiger partial charge in [-0.3, -0.25) is 0 Å². The number of nitrogens with two attached hydrogens (primary N) is 1. The molecule has 0 aliphatic heterocycles. The molecule has 0 bridgehead atoms. The molecule has 0 fully saturated rings. The maximum atomic E-state index is 6.08. The summed E-state index contributed by atoms with van der Waals surface area (Å²) in [4.78, 5) is 4.15. The summed E-state index contributed by atoms with van der Waals surface area (Å²) in [6, 6.07) is 9.07. The van der Waals surface area contributed by atoms with Crippen molar-refractivity contribution in [1.29, 1.82) is 0 Å². The van der Waals surface area contributed by atoms with Crippen LogP contribution in [0.25, 0.3) is 0 Å². The maximum Gasteiger partial charge on any atom is 0.238 e. The van der Waals surface area contributed by atoms with Crippen molar-refractivity contribution in [2.45, 2.75) is 13.5 Å². The lowest BCUT2D eigenvalue weighted by Gasteiger charge is -2.09. The molecule has 5 heteroatoms. The normalized spacial score (nSPS) is 10.3. The van der Waals surface area contributed by atoms with Crippen molar-refractivity contribution >= 4 is 11.6 Å². The number of nitrogens with zero attached hydrogens (tertiary/aromatic N) is 1. The van der Waals surface area contributed by atoms with Crippen LogP contribution in [0.2, 0.25) is 5.02 Å². The van der Waals surface area contributed by atoms with Gasteiger partial charge in [0.05, 0.1) is 6.61 Å². The Bertz CT molecular complexity index is 561. The lowest BCUT2D eigenvalue weighted by atomic mass is 10.3. The molecular formula is C14H15ClN2O2. The van der Waals surface area contributed by atoms with Crippen LogP contribution in [0.4, 0.5) is 0 Å². The van der Waals surface area contributed by atoms with E-state index in [2.05, 4.69) is 4.98 Å². The predicted octanol–water partition coefficient (Wildman–Crippen LogP) is 3.38. The Labute approximate surface area is 117 Å². The van der Waals surface area contributed by atoms with Crippen molar-refractivity contribution in [2.75, 3.05) is 6.61 Å². The highest BCUT2D eigenvalue weighted by atomic mass is 35.5. The van der Waals surface area contributed by atoms with E-state index in [4.69, 9.17) is 26.8 Å². The van der Waals surface area contributed by atoms with Crippen molar-refractivity contribution in [1.82, 2.24) is 4.98 Å². The first-order chi connectivity index (χ1) is 9.22. The third-order valence-corrected chi connectivity index (χ3v) is 2.70. The van der Waals surface area contributed by atoms with E-state index in [1.165, 1.54) is 0 Å². The summed E-state index contributed by atoms with van der Waals surface area (Å²) in [6.07, 6.45) is 1.65. The monoisotopic (exact) mass is 278 g/mol. The van der Waals surface area contributed by atoms with Gasteiger partial charge in [0, 0.05) is 18.8 Å². The second kappa shape index (κ2) is 6.41. The van der Waals surface area contributed by atoms with Gasteiger partial charge in [0.15, 0.2) is 0 Å². The first-order valence-corrected chi connectivity index (χ1v) is 6.36. The van der Waals surface area contributed by atoms with E-state index >= 15 is 0 Å². The molecule has 1 heterocycles. The van der Waals surface area contributed by atoms with Crippen molar-refractivity contribution < 1.29 is 9.47 Å². The van der Waals surface area contributed by atoms with Crippen molar-refractivity contribution in [2.24, 2.45) is 5.73 Å². The molecule has 0 saturated carbocycles. The highest BCUT2D eigenvalue weighted by Crippen LogP contribution is 2.29. The number of hydrogen-bond acceptors (Lipinski definition) is 4. The number of ether oxygens (including phenoxy) is 2. The molecule has 0 unspecified atom stereocenters. The third-order valence-electron chi connectivity index (χ3n) is 2.43. The van der Waals surface area contributed by atoms with Crippen LogP contribution in [0.3, 0.4) is 0 Å². The second-order valence-electron chi connectivity index (χ2n) is 3.84. The van der Waals surface area contributed by atoms with E-state index in [0.717, 1.165) is 11.3 Å². The van der Waals surface area contributed by atoms with E-state index in [9.17, 15) is 0 Å². The van der Waals surface area contributed by atoms with Crippen molar-refractivity contribution in [3.05, 3.63) is 47.1 Å².